The fourth-order valence-electron chi connectivity index (χ4n) is 3.39. The van der Waals surface area contributed by atoms with Crippen LogP contribution < -0.4 is 0 Å². The smallest absolute Gasteiger partial charge is 0.393 e. The number of Topliss-reactive ketones (excluding diaryl/α,β-unsaturated/α-hetero) is 1. The number of aliphatic hydroxyl groups excluding tert-OH is 1. The van der Waals surface area contributed by atoms with E-state index in [0.29, 0.717) is 17.0 Å². The molecule has 0 bridgehead atoms. The Labute approximate surface area is 140 Å². The molecule has 1 aliphatic rings. The summed E-state index contributed by atoms with van der Waals surface area (Å²) < 4.78 is 39.1. The lowest BCUT2D eigenvalue weighted by Crippen LogP contribution is -2.39. The first-order chi connectivity index (χ1) is 11.1. The van der Waals surface area contributed by atoms with Gasteiger partial charge in [-0.3, -0.25) is 9.69 Å². The van der Waals surface area contributed by atoms with Crippen LogP contribution in [0.4, 0.5) is 13.2 Å². The highest BCUT2D eigenvalue weighted by atomic mass is 19.4. The minimum Gasteiger partial charge on any atom is -0.393 e. The van der Waals surface area contributed by atoms with Crippen molar-refractivity contribution in [3.8, 4) is 0 Å². The number of nitrogens with zero attached hydrogens (tertiary/aromatic N) is 2. The van der Waals surface area contributed by atoms with E-state index in [0.717, 1.165) is 30.5 Å². The number of ketones is 1. The van der Waals surface area contributed by atoms with Crippen molar-refractivity contribution in [3.63, 3.8) is 0 Å². The molecule has 1 atom stereocenters. The van der Waals surface area contributed by atoms with Crippen LogP contribution in [0.2, 0.25) is 0 Å². The maximum atomic E-state index is 12.7. The number of aryl methyl sites for hydroxylation is 1. The molecule has 0 amide bonds. The van der Waals surface area contributed by atoms with Gasteiger partial charge in [0, 0.05) is 17.0 Å². The summed E-state index contributed by atoms with van der Waals surface area (Å²) in [5, 5.41) is 9.61. The van der Waals surface area contributed by atoms with Crippen molar-refractivity contribution in [3.05, 3.63) is 23.0 Å². The second-order valence-electron chi connectivity index (χ2n) is 6.76. The number of hydrogen-bond acceptors (Lipinski definition) is 3. The van der Waals surface area contributed by atoms with Gasteiger partial charge in [0.05, 0.1) is 12.6 Å². The zero-order valence-corrected chi connectivity index (χ0v) is 14.4. The topological polar surface area (TPSA) is 45.5 Å². The third kappa shape index (κ3) is 4.60. The highest BCUT2D eigenvalue weighted by molar-refractivity contribution is 5.99. The summed E-state index contributed by atoms with van der Waals surface area (Å²) in [6.45, 7) is 5.52. The molecule has 1 aromatic heterocycles. The van der Waals surface area contributed by atoms with Crippen molar-refractivity contribution in [2.24, 2.45) is 5.92 Å². The first-order valence-corrected chi connectivity index (χ1v) is 8.25. The van der Waals surface area contributed by atoms with Gasteiger partial charge in [-0.15, -0.1) is 0 Å². The Morgan fingerprint density at radius 2 is 1.92 bits per heavy atom. The van der Waals surface area contributed by atoms with E-state index in [9.17, 15) is 23.1 Å². The first kappa shape index (κ1) is 19.0. The summed E-state index contributed by atoms with van der Waals surface area (Å²) in [4.78, 5) is 14.5. The van der Waals surface area contributed by atoms with Gasteiger partial charge in [0.1, 0.15) is 6.54 Å². The number of aromatic nitrogens is 1. The minimum atomic E-state index is -4.31. The number of halogens is 3. The zero-order chi connectivity index (χ0) is 18.1. The van der Waals surface area contributed by atoms with Gasteiger partial charge in [0.25, 0.3) is 0 Å². The van der Waals surface area contributed by atoms with Gasteiger partial charge >= 0.3 is 6.18 Å². The average molecular weight is 346 g/mol. The van der Waals surface area contributed by atoms with Crippen molar-refractivity contribution in [1.29, 1.82) is 0 Å². The molecule has 1 aromatic rings. The Hall–Kier alpha value is -1.34. The molecule has 1 unspecified atom stereocenters. The van der Waals surface area contributed by atoms with Gasteiger partial charge in [0.2, 0.25) is 0 Å². The van der Waals surface area contributed by atoms with E-state index >= 15 is 0 Å². The zero-order valence-electron chi connectivity index (χ0n) is 14.4. The number of piperidine rings is 1. The number of alkyl halides is 3. The summed E-state index contributed by atoms with van der Waals surface area (Å²) in [5.41, 5.74) is 1.18. The summed E-state index contributed by atoms with van der Waals surface area (Å²) in [6.07, 6.45) is -2.99. The molecule has 136 valence electrons. The number of carbonyl (C=O) groups excluding carboxylic acids is 1. The third-order valence-electron chi connectivity index (χ3n) is 4.89. The number of likely N-dealkylation sites (tertiary alicyclic amines) is 1. The van der Waals surface area contributed by atoms with E-state index in [1.54, 1.807) is 26.8 Å². The molecular formula is C17H25F3N2O2. The molecule has 4 nitrogen and oxygen atoms in total. The standard InChI is InChI=1S/C17H25F3N2O2/c1-11-8-15(12(2)22(11)10-17(18,19)20)16(24)9-21-6-4-14(5-7-21)13(3)23/h8,13-14,23H,4-7,9-10H2,1-3H3. The molecule has 24 heavy (non-hydrogen) atoms. The Bertz CT molecular complexity index is 585. The maximum absolute atomic E-state index is 12.7. The fourth-order valence-corrected chi connectivity index (χ4v) is 3.39. The van der Waals surface area contributed by atoms with Crippen LogP contribution in [-0.2, 0) is 6.54 Å². The van der Waals surface area contributed by atoms with Crippen LogP contribution >= 0.6 is 0 Å². The molecular weight excluding hydrogens is 321 g/mol. The van der Waals surface area contributed by atoms with Crippen molar-refractivity contribution >= 4 is 5.78 Å². The van der Waals surface area contributed by atoms with Crippen molar-refractivity contribution in [1.82, 2.24) is 9.47 Å². The van der Waals surface area contributed by atoms with Gasteiger partial charge in [-0.25, -0.2) is 0 Å². The summed E-state index contributed by atoms with van der Waals surface area (Å²) >= 11 is 0. The highest BCUT2D eigenvalue weighted by Crippen LogP contribution is 2.24. The van der Waals surface area contributed by atoms with Crippen LogP contribution in [-0.4, -0.2) is 52.3 Å². The van der Waals surface area contributed by atoms with Crippen molar-refractivity contribution in [2.45, 2.75) is 52.4 Å². The molecule has 0 radical (unpaired) electrons. The predicted molar refractivity (Wildman–Crippen MR) is 85.1 cm³/mol. The van der Waals surface area contributed by atoms with E-state index in [1.807, 2.05) is 4.90 Å². The van der Waals surface area contributed by atoms with E-state index < -0.39 is 12.7 Å². The van der Waals surface area contributed by atoms with Crippen LogP contribution in [0.15, 0.2) is 6.07 Å². The largest absolute Gasteiger partial charge is 0.406 e. The number of hydrogen-bond donors (Lipinski definition) is 1. The second-order valence-corrected chi connectivity index (χ2v) is 6.76. The molecule has 1 aliphatic heterocycles. The lowest BCUT2D eigenvalue weighted by Gasteiger charge is -2.32. The second kappa shape index (κ2) is 7.27. The molecule has 1 saturated heterocycles. The van der Waals surface area contributed by atoms with Crippen LogP contribution in [0.3, 0.4) is 0 Å². The third-order valence-corrected chi connectivity index (χ3v) is 4.89. The van der Waals surface area contributed by atoms with Gasteiger partial charge < -0.3 is 9.67 Å². The monoisotopic (exact) mass is 346 g/mol. The van der Waals surface area contributed by atoms with Crippen molar-refractivity contribution in [2.75, 3.05) is 19.6 Å². The van der Waals surface area contributed by atoms with Crippen LogP contribution in [0.25, 0.3) is 0 Å². The van der Waals surface area contributed by atoms with Gasteiger partial charge in [-0.1, -0.05) is 0 Å². The predicted octanol–water partition coefficient (Wildman–Crippen LogP) is 2.94. The molecule has 7 heteroatoms. The molecule has 0 spiro atoms. The Morgan fingerprint density at radius 1 is 1.33 bits per heavy atom. The average Bonchev–Trinajstić information content (AvgIpc) is 2.74. The molecule has 0 saturated carbocycles. The molecule has 0 aromatic carbocycles. The van der Waals surface area contributed by atoms with E-state index in [-0.39, 0.29) is 24.3 Å². The molecule has 1 N–H and O–H groups in total. The fraction of sp³-hybridized carbons (Fsp3) is 0.706. The highest BCUT2D eigenvalue weighted by Gasteiger charge is 2.31. The summed E-state index contributed by atoms with van der Waals surface area (Å²) in [5.74, 6) is 0.111. The van der Waals surface area contributed by atoms with Gasteiger partial charge in [-0.2, -0.15) is 13.2 Å². The Balaban J connectivity index is 2.02. The maximum Gasteiger partial charge on any atom is 0.406 e. The minimum absolute atomic E-state index is 0.146. The molecule has 1 fully saturated rings. The number of carbonyl (C=O) groups is 1. The molecule has 2 rings (SSSR count). The van der Waals surface area contributed by atoms with Gasteiger partial charge in [0.15, 0.2) is 5.78 Å². The number of aliphatic hydroxyl groups is 1. The van der Waals surface area contributed by atoms with Crippen LogP contribution in [0, 0.1) is 19.8 Å². The lowest BCUT2D eigenvalue weighted by atomic mass is 9.92. The van der Waals surface area contributed by atoms with Gasteiger partial charge in [-0.05, 0) is 58.7 Å². The normalized spacial score (nSPS) is 18.8. The summed E-state index contributed by atoms with van der Waals surface area (Å²) in [6, 6.07) is 1.55. The van der Waals surface area contributed by atoms with Crippen LogP contribution in [0.5, 0.6) is 0 Å². The van der Waals surface area contributed by atoms with E-state index in [4.69, 9.17) is 0 Å². The Morgan fingerprint density at radius 3 is 2.42 bits per heavy atom. The number of rotatable bonds is 5. The molecule has 2 heterocycles. The van der Waals surface area contributed by atoms with Crippen molar-refractivity contribution < 1.29 is 23.1 Å². The lowest BCUT2D eigenvalue weighted by molar-refractivity contribution is -0.141. The SMILES string of the molecule is Cc1cc(C(=O)CN2CCC(C(C)O)CC2)c(C)n1CC(F)(F)F. The first-order valence-electron chi connectivity index (χ1n) is 8.25. The van der Waals surface area contributed by atoms with E-state index in [1.165, 1.54) is 0 Å². The molecule has 0 aliphatic carbocycles. The van der Waals surface area contributed by atoms with E-state index in [2.05, 4.69) is 0 Å². The Kier molecular flexibility index (Phi) is 5.75. The quantitative estimate of drug-likeness (QED) is 0.834. The summed E-state index contributed by atoms with van der Waals surface area (Å²) in [7, 11) is 0. The van der Waals surface area contributed by atoms with Crippen LogP contribution in [0.1, 0.15) is 41.5 Å².